The minimum absolute atomic E-state index is 0. The molecule has 0 N–H and O–H groups in total. The SMILES string of the molecule is C1CCOC1.Cc1c(C)c(C)[c-]([Si](C)(C)c2ccco2)c1C.[CH2-][Si](C)(C)C.[CH2-][Si](C)(C)C.[Lu]. The van der Waals surface area contributed by atoms with E-state index in [-0.39, 0.29) is 36.9 Å². The molecule has 3 rings (SSSR count). The first kappa shape index (κ1) is 35.6. The predicted molar refractivity (Wildman–Crippen MR) is 154 cm³/mol. The molecule has 0 amide bonds. The van der Waals surface area contributed by atoms with Crippen molar-refractivity contribution in [2.75, 3.05) is 13.2 Å². The molecule has 2 aromatic rings. The van der Waals surface area contributed by atoms with Crippen LogP contribution in [0.1, 0.15) is 35.1 Å². The average molecular weight is 667 g/mol. The van der Waals surface area contributed by atoms with Crippen LogP contribution in [0.15, 0.2) is 22.8 Å². The summed E-state index contributed by atoms with van der Waals surface area (Å²) in [6.07, 6.45) is 4.34. The molecule has 1 aliphatic rings. The van der Waals surface area contributed by atoms with Crippen molar-refractivity contribution in [2.45, 2.75) is 92.9 Å². The zero-order chi connectivity index (χ0) is 25.3. The Balaban J connectivity index is 0. The minimum Gasteiger partial charge on any atom is -0.475 e. The first-order valence-electron chi connectivity index (χ1n) is 11.9. The molecule has 0 spiro atoms. The van der Waals surface area contributed by atoms with Crippen LogP contribution in [0.25, 0.3) is 0 Å². The Morgan fingerprint density at radius 3 is 1.36 bits per heavy atom. The van der Waals surface area contributed by atoms with Gasteiger partial charge in [0.05, 0.1) is 19.7 Å². The van der Waals surface area contributed by atoms with Gasteiger partial charge in [0.2, 0.25) is 0 Å². The van der Waals surface area contributed by atoms with Gasteiger partial charge < -0.3 is 22.2 Å². The molecule has 201 valence electrons. The van der Waals surface area contributed by atoms with E-state index in [4.69, 9.17) is 9.15 Å². The molecule has 1 aliphatic heterocycles. The van der Waals surface area contributed by atoms with E-state index in [0.717, 1.165) is 13.2 Å². The Morgan fingerprint density at radius 1 is 0.758 bits per heavy atom. The van der Waals surface area contributed by atoms with Crippen LogP contribution < -0.4 is 10.6 Å². The third-order valence-corrected chi connectivity index (χ3v) is 8.54. The van der Waals surface area contributed by atoms with Crippen molar-refractivity contribution in [1.29, 1.82) is 0 Å². The van der Waals surface area contributed by atoms with Crippen LogP contribution >= 0.6 is 0 Å². The second-order valence-corrected chi connectivity index (χ2v) is 26.4. The van der Waals surface area contributed by atoms with E-state index in [0.29, 0.717) is 0 Å². The Labute approximate surface area is 238 Å². The summed E-state index contributed by atoms with van der Waals surface area (Å²) in [4.78, 5) is 0. The van der Waals surface area contributed by atoms with Gasteiger partial charge in [-0.25, -0.2) is 0 Å². The van der Waals surface area contributed by atoms with Crippen LogP contribution in [0, 0.1) is 77.7 Å². The van der Waals surface area contributed by atoms with Crippen LogP contribution in [-0.4, -0.2) is 37.4 Å². The third kappa shape index (κ3) is 15.2. The fourth-order valence-electron chi connectivity index (χ4n) is 3.42. The van der Waals surface area contributed by atoms with E-state index in [2.05, 4.69) is 99.2 Å². The fraction of sp³-hybridized carbons (Fsp3) is 0.593. The van der Waals surface area contributed by atoms with Crippen molar-refractivity contribution >= 4 is 34.8 Å². The molecule has 33 heavy (non-hydrogen) atoms. The van der Waals surface area contributed by atoms with Crippen LogP contribution in [0.5, 0.6) is 0 Å². The topological polar surface area (TPSA) is 22.4 Å². The Morgan fingerprint density at radius 2 is 1.12 bits per heavy atom. The van der Waals surface area contributed by atoms with Crippen LogP contribution in [0.2, 0.25) is 52.4 Å². The molecule has 0 aliphatic carbocycles. The van der Waals surface area contributed by atoms with Crippen LogP contribution in [0.4, 0.5) is 0 Å². The summed E-state index contributed by atoms with van der Waals surface area (Å²) in [5.41, 5.74) is 5.83. The summed E-state index contributed by atoms with van der Waals surface area (Å²) >= 11 is 0. The summed E-state index contributed by atoms with van der Waals surface area (Å²) in [7, 11) is -3.39. The van der Waals surface area contributed by atoms with Gasteiger partial charge in [-0.1, -0.05) is 80.1 Å². The number of ether oxygens (including phenoxy) is 1. The molecule has 2 nitrogen and oxygen atoms in total. The number of hydrogen-bond acceptors (Lipinski definition) is 2. The largest absolute Gasteiger partial charge is 0.475 e. The molecule has 1 aromatic carbocycles. The summed E-state index contributed by atoms with van der Waals surface area (Å²) in [6.45, 7) is 36.8. The molecule has 1 radical (unpaired) electrons. The summed E-state index contributed by atoms with van der Waals surface area (Å²) in [6, 6.07) is 4.13. The van der Waals surface area contributed by atoms with Gasteiger partial charge in [0.1, 0.15) is 0 Å². The second-order valence-electron chi connectivity index (χ2n) is 11.9. The van der Waals surface area contributed by atoms with E-state index >= 15 is 0 Å². The molecule has 2 heterocycles. The standard InChI is InChI=1S/C15H21OSi.C4H8O.2C4H11Si.Lu/c1-10-11(2)13(4)15(12(10)3)17(5,6)14-8-7-9-16-14;1-2-4-5-3-1;2*1-5(2,3)4;/h7-9H,1-6H3;1-4H2;2*1H2,2-4H3;/q-1;;2*-1;. The van der Waals surface area contributed by atoms with Crippen LogP contribution in [-0.2, 0) is 4.74 Å². The Hall–Kier alpha value is 0.474. The predicted octanol–water partition coefficient (Wildman–Crippen LogP) is 7.25. The zero-order valence-corrected chi connectivity index (χ0v) is 28.2. The molecule has 0 bridgehead atoms. The van der Waals surface area contributed by atoms with Crippen molar-refractivity contribution in [3.05, 3.63) is 53.7 Å². The Bertz CT molecular complexity index is 719. The number of hydrogen-bond donors (Lipinski definition) is 0. The molecule has 1 saturated heterocycles. The first-order valence-corrected chi connectivity index (χ1v) is 22.3. The van der Waals surface area contributed by atoms with Crippen molar-refractivity contribution in [3.8, 4) is 0 Å². The molecule has 0 unspecified atom stereocenters. The van der Waals surface area contributed by atoms with Gasteiger partial charge in [0, 0.05) is 50.1 Å². The molecule has 0 saturated carbocycles. The first-order chi connectivity index (χ1) is 14.4. The van der Waals surface area contributed by atoms with E-state index < -0.39 is 24.2 Å². The van der Waals surface area contributed by atoms with Crippen molar-refractivity contribution in [2.24, 2.45) is 0 Å². The van der Waals surface area contributed by atoms with Gasteiger partial charge in [-0.05, 0) is 25.0 Å². The summed E-state index contributed by atoms with van der Waals surface area (Å²) < 4.78 is 10.6. The average Bonchev–Trinajstić information content (AvgIpc) is 3.34. The Kier molecular flexibility index (Phi) is 16.8. The van der Waals surface area contributed by atoms with E-state index in [1.165, 1.54) is 40.5 Å². The molecule has 6 heteroatoms. The monoisotopic (exact) mass is 666 g/mol. The fourth-order valence-corrected chi connectivity index (χ4v) is 6.80. The van der Waals surface area contributed by atoms with Gasteiger partial charge in [0.15, 0.2) is 0 Å². The van der Waals surface area contributed by atoms with Crippen LogP contribution in [0.3, 0.4) is 0 Å². The molecular weight excluding hydrogens is 616 g/mol. The van der Waals surface area contributed by atoms with E-state index in [9.17, 15) is 0 Å². The molecule has 0 atom stereocenters. The van der Waals surface area contributed by atoms with E-state index in [1.807, 2.05) is 6.07 Å². The van der Waals surface area contributed by atoms with Crippen molar-refractivity contribution in [3.63, 3.8) is 0 Å². The van der Waals surface area contributed by atoms with E-state index in [1.54, 1.807) is 11.4 Å². The number of furan rings is 1. The summed E-state index contributed by atoms with van der Waals surface area (Å²) in [5.74, 6) is 0. The summed E-state index contributed by atoms with van der Waals surface area (Å²) in [5, 5.41) is 2.73. The minimum atomic E-state index is -1.67. The molecule has 1 fully saturated rings. The van der Waals surface area contributed by atoms with Gasteiger partial charge in [0.25, 0.3) is 0 Å². The van der Waals surface area contributed by atoms with Gasteiger partial charge in [-0.15, -0.1) is 21.3 Å². The second kappa shape index (κ2) is 15.6. The quantitative estimate of drug-likeness (QED) is 0.249. The molecular formula is C27H51LuO2Si3-3. The third-order valence-electron chi connectivity index (χ3n) is 5.03. The van der Waals surface area contributed by atoms with Gasteiger partial charge in [-0.3, -0.25) is 0 Å². The smallest absolute Gasteiger partial charge is 0.0987 e. The molecule has 1 aromatic heterocycles. The normalized spacial score (nSPS) is 13.5. The maximum absolute atomic E-state index is 5.67. The van der Waals surface area contributed by atoms with Crippen molar-refractivity contribution in [1.82, 2.24) is 0 Å². The number of rotatable bonds is 2. The van der Waals surface area contributed by atoms with Gasteiger partial charge >= 0.3 is 0 Å². The van der Waals surface area contributed by atoms with Gasteiger partial charge in [-0.2, -0.15) is 22.3 Å². The van der Waals surface area contributed by atoms with Crippen molar-refractivity contribution < 1.29 is 46.0 Å². The maximum Gasteiger partial charge on any atom is 0.0987 e. The zero-order valence-electron chi connectivity index (χ0n) is 23.5. The maximum atomic E-state index is 5.67.